The lowest BCUT2D eigenvalue weighted by molar-refractivity contribution is -0.128. The van der Waals surface area contributed by atoms with Crippen molar-refractivity contribution in [3.05, 3.63) is 60.3 Å². The molecule has 7 nitrogen and oxygen atoms in total. The predicted molar refractivity (Wildman–Crippen MR) is 114 cm³/mol. The van der Waals surface area contributed by atoms with Crippen molar-refractivity contribution in [1.82, 2.24) is 15.8 Å². The number of thioether (sulfide) groups is 1. The van der Waals surface area contributed by atoms with E-state index in [1.807, 2.05) is 36.4 Å². The molecule has 0 fully saturated rings. The fourth-order valence-electron chi connectivity index (χ4n) is 2.81. The maximum atomic E-state index is 12.3. The van der Waals surface area contributed by atoms with Crippen molar-refractivity contribution in [2.75, 3.05) is 5.32 Å². The number of anilines is 1. The molecule has 3 aromatic rings. The van der Waals surface area contributed by atoms with Crippen LogP contribution in [0, 0.1) is 0 Å². The summed E-state index contributed by atoms with van der Waals surface area (Å²) in [5, 5.41) is 3.27. The molecule has 3 amide bonds. The van der Waals surface area contributed by atoms with Crippen molar-refractivity contribution in [2.24, 2.45) is 0 Å². The molecule has 0 aliphatic heterocycles. The number of aromatic nitrogens is 1. The van der Waals surface area contributed by atoms with E-state index in [2.05, 4.69) is 21.2 Å². The summed E-state index contributed by atoms with van der Waals surface area (Å²) in [6.07, 6.45) is 1.96. The first-order valence-electron chi connectivity index (χ1n) is 9.10. The van der Waals surface area contributed by atoms with E-state index in [-0.39, 0.29) is 24.1 Å². The van der Waals surface area contributed by atoms with Gasteiger partial charge in [0.2, 0.25) is 11.8 Å². The molecule has 0 spiro atoms. The summed E-state index contributed by atoms with van der Waals surface area (Å²) in [6, 6.07) is 14.9. The lowest BCUT2D eigenvalue weighted by Crippen LogP contribution is -2.45. The van der Waals surface area contributed by atoms with Crippen LogP contribution in [0.1, 0.15) is 19.4 Å². The van der Waals surface area contributed by atoms with E-state index in [4.69, 9.17) is 0 Å². The molecule has 2 aromatic carbocycles. The molecule has 0 saturated heterocycles. The number of H-pyrrole nitrogens is 1. The first-order chi connectivity index (χ1) is 13.9. The molecule has 8 heteroatoms. The largest absolute Gasteiger partial charge is 0.361 e. The quantitative estimate of drug-likeness (QED) is 0.370. The summed E-state index contributed by atoms with van der Waals surface area (Å²) >= 11 is 1.36. The van der Waals surface area contributed by atoms with E-state index in [0.29, 0.717) is 5.69 Å². The van der Waals surface area contributed by atoms with E-state index >= 15 is 0 Å². The van der Waals surface area contributed by atoms with Gasteiger partial charge >= 0.3 is 0 Å². The van der Waals surface area contributed by atoms with E-state index in [0.717, 1.165) is 21.4 Å². The second-order valence-corrected chi connectivity index (χ2v) is 7.95. The van der Waals surface area contributed by atoms with Crippen LogP contribution in [0.15, 0.2) is 59.6 Å². The van der Waals surface area contributed by atoms with Crippen molar-refractivity contribution in [1.29, 1.82) is 0 Å². The number of nitrogens with one attached hydrogen (secondary N) is 4. The minimum absolute atomic E-state index is 0.137. The van der Waals surface area contributed by atoms with Gasteiger partial charge in [0.1, 0.15) is 0 Å². The highest BCUT2D eigenvalue weighted by atomic mass is 32.2. The van der Waals surface area contributed by atoms with E-state index < -0.39 is 5.25 Å². The fourth-order valence-corrected chi connectivity index (χ4v) is 3.67. The smallest absolute Gasteiger partial charge is 0.251 e. The summed E-state index contributed by atoms with van der Waals surface area (Å²) in [4.78, 5) is 39.5. The third-order valence-electron chi connectivity index (χ3n) is 4.21. The normalized spacial score (nSPS) is 11.7. The molecule has 0 radical (unpaired) electrons. The SMILES string of the molecule is CC(=O)Nc1ccc(SC(C)C(=O)NNC(=O)Cc2c[nH]c3ccccc23)cc1. The molecule has 3 rings (SSSR count). The molecule has 1 atom stereocenters. The minimum atomic E-state index is -0.407. The van der Waals surface area contributed by atoms with Crippen LogP contribution in [-0.2, 0) is 20.8 Å². The molecular formula is C21H22N4O3S. The zero-order valence-electron chi connectivity index (χ0n) is 16.1. The highest BCUT2D eigenvalue weighted by molar-refractivity contribution is 8.00. The van der Waals surface area contributed by atoms with Crippen LogP contribution in [-0.4, -0.2) is 28.0 Å². The number of hydrazine groups is 1. The number of carbonyl (C=O) groups excluding carboxylic acids is 3. The molecule has 0 saturated carbocycles. The average molecular weight is 410 g/mol. The van der Waals surface area contributed by atoms with Gasteiger partial charge in [0.15, 0.2) is 0 Å². The monoisotopic (exact) mass is 410 g/mol. The highest BCUT2D eigenvalue weighted by Crippen LogP contribution is 2.24. The van der Waals surface area contributed by atoms with Crippen LogP contribution in [0.3, 0.4) is 0 Å². The molecule has 0 bridgehead atoms. The Labute approximate surface area is 172 Å². The molecule has 29 heavy (non-hydrogen) atoms. The third-order valence-corrected chi connectivity index (χ3v) is 5.32. The molecule has 1 heterocycles. The summed E-state index contributed by atoms with van der Waals surface area (Å²) in [7, 11) is 0. The Balaban J connectivity index is 1.48. The molecule has 0 aliphatic carbocycles. The van der Waals surface area contributed by atoms with Crippen LogP contribution < -0.4 is 16.2 Å². The van der Waals surface area contributed by atoms with Crippen molar-refractivity contribution >= 4 is 46.1 Å². The average Bonchev–Trinajstić information content (AvgIpc) is 3.10. The topological polar surface area (TPSA) is 103 Å². The van der Waals surface area contributed by atoms with Gasteiger partial charge in [-0.25, -0.2) is 0 Å². The van der Waals surface area contributed by atoms with Gasteiger partial charge in [-0.15, -0.1) is 11.8 Å². The van der Waals surface area contributed by atoms with Crippen LogP contribution in [0.5, 0.6) is 0 Å². The second kappa shape index (κ2) is 9.29. The van der Waals surface area contributed by atoms with Crippen LogP contribution >= 0.6 is 11.8 Å². The standard InChI is InChI=1S/C21H22N4O3S/c1-13(29-17-9-7-16(8-10-17)23-14(2)26)21(28)25-24-20(27)11-15-12-22-19-6-4-3-5-18(15)19/h3-10,12-13,22H,11H2,1-2H3,(H,23,26)(H,24,27)(H,25,28). The van der Waals surface area contributed by atoms with Crippen LogP contribution in [0.4, 0.5) is 5.69 Å². The molecule has 4 N–H and O–H groups in total. The van der Waals surface area contributed by atoms with E-state index in [1.165, 1.54) is 18.7 Å². The summed E-state index contributed by atoms with van der Waals surface area (Å²) in [5.74, 6) is -0.727. The summed E-state index contributed by atoms with van der Waals surface area (Å²) < 4.78 is 0. The van der Waals surface area contributed by atoms with Crippen molar-refractivity contribution in [3.8, 4) is 0 Å². The number of benzene rings is 2. The van der Waals surface area contributed by atoms with Gasteiger partial charge in [-0.2, -0.15) is 0 Å². The second-order valence-electron chi connectivity index (χ2n) is 6.54. The number of para-hydroxylation sites is 1. The van der Waals surface area contributed by atoms with Gasteiger partial charge in [0, 0.05) is 34.6 Å². The van der Waals surface area contributed by atoms with E-state index in [1.54, 1.807) is 25.3 Å². The van der Waals surface area contributed by atoms with Gasteiger partial charge in [-0.3, -0.25) is 25.2 Å². The Morgan fingerprint density at radius 2 is 1.76 bits per heavy atom. The first-order valence-corrected chi connectivity index (χ1v) is 9.98. The number of aromatic amines is 1. The third kappa shape index (κ3) is 5.61. The van der Waals surface area contributed by atoms with Gasteiger partial charge in [0.05, 0.1) is 11.7 Å². The Morgan fingerprint density at radius 3 is 2.48 bits per heavy atom. The number of fused-ring (bicyclic) bond motifs is 1. The number of carbonyl (C=O) groups is 3. The Morgan fingerprint density at radius 1 is 1.03 bits per heavy atom. The predicted octanol–water partition coefficient (Wildman–Crippen LogP) is 3.00. The van der Waals surface area contributed by atoms with Crippen molar-refractivity contribution in [3.63, 3.8) is 0 Å². The molecule has 1 aromatic heterocycles. The number of hydrogen-bond acceptors (Lipinski definition) is 4. The minimum Gasteiger partial charge on any atom is -0.361 e. The van der Waals surface area contributed by atoms with Gasteiger partial charge in [0.25, 0.3) is 5.91 Å². The highest BCUT2D eigenvalue weighted by Gasteiger charge is 2.16. The molecule has 1 unspecified atom stereocenters. The fraction of sp³-hybridized carbons (Fsp3) is 0.190. The number of hydrogen-bond donors (Lipinski definition) is 4. The zero-order valence-corrected chi connectivity index (χ0v) is 16.9. The summed E-state index contributed by atoms with van der Waals surface area (Å²) in [6.45, 7) is 3.20. The zero-order chi connectivity index (χ0) is 20.8. The molecule has 150 valence electrons. The van der Waals surface area contributed by atoms with Gasteiger partial charge in [-0.05, 0) is 42.8 Å². The lowest BCUT2D eigenvalue weighted by Gasteiger charge is -2.13. The van der Waals surface area contributed by atoms with E-state index in [9.17, 15) is 14.4 Å². The van der Waals surface area contributed by atoms with Crippen LogP contribution in [0.2, 0.25) is 0 Å². The maximum absolute atomic E-state index is 12.3. The Bertz CT molecular complexity index is 1030. The maximum Gasteiger partial charge on any atom is 0.251 e. The van der Waals surface area contributed by atoms with Crippen molar-refractivity contribution < 1.29 is 14.4 Å². The lowest BCUT2D eigenvalue weighted by atomic mass is 10.1. The van der Waals surface area contributed by atoms with Crippen molar-refractivity contribution in [2.45, 2.75) is 30.4 Å². The van der Waals surface area contributed by atoms with Gasteiger partial charge < -0.3 is 10.3 Å². The summed E-state index contributed by atoms with van der Waals surface area (Å²) in [5.41, 5.74) is 7.48. The Kier molecular flexibility index (Phi) is 6.56. The molecular weight excluding hydrogens is 388 g/mol. The first kappa shape index (κ1) is 20.5. The van der Waals surface area contributed by atoms with Gasteiger partial charge in [-0.1, -0.05) is 18.2 Å². The Hall–Kier alpha value is -3.26. The number of amides is 3. The number of rotatable bonds is 6. The van der Waals surface area contributed by atoms with Crippen LogP contribution in [0.25, 0.3) is 10.9 Å². The molecule has 0 aliphatic rings.